The van der Waals surface area contributed by atoms with Crippen molar-refractivity contribution >= 4 is 11.2 Å². The van der Waals surface area contributed by atoms with E-state index in [0.717, 1.165) is 30.8 Å². The number of hydrogen-bond donors (Lipinski definition) is 1. The number of hydrogen-bond acceptors (Lipinski definition) is 3. The van der Waals surface area contributed by atoms with Crippen LogP contribution in [-0.2, 0) is 12.0 Å². The Morgan fingerprint density at radius 3 is 2.80 bits per heavy atom. The molecule has 0 amide bonds. The van der Waals surface area contributed by atoms with Gasteiger partial charge in [0.15, 0.2) is 5.65 Å². The monoisotopic (exact) mass is 272 g/mol. The molecule has 1 N–H and O–H groups in total. The van der Waals surface area contributed by atoms with E-state index in [1.54, 1.807) is 0 Å². The molecule has 0 unspecified atom stereocenters. The van der Waals surface area contributed by atoms with Crippen molar-refractivity contribution in [2.24, 2.45) is 0 Å². The minimum Gasteiger partial charge on any atom is -0.317 e. The Hall–Kier alpha value is -1.42. The maximum Gasteiger partial charge on any atom is 0.159 e. The van der Waals surface area contributed by atoms with E-state index in [0.29, 0.717) is 0 Å². The third-order valence-electron chi connectivity index (χ3n) is 4.58. The molecular formula is C16H24N4. The second kappa shape index (κ2) is 5.52. The number of nitrogens with one attached hydrogen (secondary N) is 1. The molecule has 108 valence electrons. The van der Waals surface area contributed by atoms with E-state index in [1.807, 2.05) is 12.3 Å². The average Bonchev–Trinajstić information content (AvgIpc) is 2.87. The highest BCUT2D eigenvalue weighted by Crippen LogP contribution is 2.38. The highest BCUT2D eigenvalue weighted by Gasteiger charge is 2.37. The van der Waals surface area contributed by atoms with Gasteiger partial charge in [0.1, 0.15) is 11.3 Å². The predicted octanol–water partition coefficient (Wildman–Crippen LogP) is 2.87. The maximum absolute atomic E-state index is 4.97. The summed E-state index contributed by atoms with van der Waals surface area (Å²) in [6.07, 6.45) is 6.67. The van der Waals surface area contributed by atoms with Gasteiger partial charge >= 0.3 is 0 Å². The van der Waals surface area contributed by atoms with E-state index in [2.05, 4.69) is 34.8 Å². The molecule has 1 fully saturated rings. The number of aryl methyl sites for hydroxylation is 1. The van der Waals surface area contributed by atoms with Gasteiger partial charge in [-0.1, -0.05) is 13.3 Å². The average molecular weight is 272 g/mol. The molecule has 2 aromatic rings. The Balaban J connectivity index is 2.14. The van der Waals surface area contributed by atoms with Crippen LogP contribution < -0.4 is 5.32 Å². The van der Waals surface area contributed by atoms with Crippen LogP contribution >= 0.6 is 0 Å². The molecule has 0 saturated carbocycles. The molecule has 1 saturated heterocycles. The molecule has 0 bridgehead atoms. The number of pyridine rings is 1. The van der Waals surface area contributed by atoms with Crippen LogP contribution in [-0.4, -0.2) is 27.6 Å². The van der Waals surface area contributed by atoms with Crippen molar-refractivity contribution in [3.63, 3.8) is 0 Å². The summed E-state index contributed by atoms with van der Waals surface area (Å²) in [6.45, 7) is 7.61. The predicted molar refractivity (Wildman–Crippen MR) is 81.9 cm³/mol. The lowest BCUT2D eigenvalue weighted by Gasteiger charge is -2.37. The van der Waals surface area contributed by atoms with E-state index in [9.17, 15) is 0 Å². The quantitative estimate of drug-likeness (QED) is 0.930. The second-order valence-electron chi connectivity index (χ2n) is 5.81. The van der Waals surface area contributed by atoms with E-state index in [4.69, 9.17) is 4.98 Å². The first-order chi connectivity index (χ1) is 9.80. The zero-order valence-electron chi connectivity index (χ0n) is 12.5. The zero-order valence-corrected chi connectivity index (χ0v) is 12.5. The summed E-state index contributed by atoms with van der Waals surface area (Å²) >= 11 is 0. The Morgan fingerprint density at radius 1 is 1.30 bits per heavy atom. The van der Waals surface area contributed by atoms with Gasteiger partial charge < -0.3 is 9.88 Å². The molecule has 0 radical (unpaired) electrons. The third-order valence-corrected chi connectivity index (χ3v) is 4.58. The zero-order chi connectivity index (χ0) is 14.0. The van der Waals surface area contributed by atoms with Crippen molar-refractivity contribution in [2.45, 2.75) is 51.5 Å². The largest absolute Gasteiger partial charge is 0.317 e. The van der Waals surface area contributed by atoms with Crippen LogP contribution in [0.4, 0.5) is 0 Å². The molecule has 3 rings (SSSR count). The van der Waals surface area contributed by atoms with Crippen LogP contribution in [0.2, 0.25) is 0 Å². The summed E-state index contributed by atoms with van der Waals surface area (Å²) in [5.41, 5.74) is 2.31. The van der Waals surface area contributed by atoms with Crippen molar-refractivity contribution in [3.05, 3.63) is 24.2 Å². The molecular weight excluding hydrogens is 248 g/mol. The SMILES string of the molecule is CCCC1(c2nc3cccnc3n2CC)CCNCC1. The first kappa shape index (κ1) is 13.6. The van der Waals surface area contributed by atoms with Gasteiger partial charge in [0, 0.05) is 18.2 Å². The van der Waals surface area contributed by atoms with Gasteiger partial charge in [-0.25, -0.2) is 9.97 Å². The molecule has 0 spiro atoms. The molecule has 2 aromatic heterocycles. The van der Waals surface area contributed by atoms with Crippen LogP contribution in [0, 0.1) is 0 Å². The Labute approximate surface area is 120 Å². The first-order valence-corrected chi connectivity index (χ1v) is 7.83. The van der Waals surface area contributed by atoms with Gasteiger partial charge in [0.25, 0.3) is 0 Å². The van der Waals surface area contributed by atoms with E-state index < -0.39 is 0 Å². The number of rotatable bonds is 4. The third kappa shape index (κ3) is 2.12. The van der Waals surface area contributed by atoms with Gasteiger partial charge in [0.2, 0.25) is 0 Å². The standard InChI is InChI=1S/C16H24N4/c1-3-7-16(8-11-17-12-9-16)15-19-13-6-5-10-18-14(13)20(15)4-2/h5-6,10,17H,3-4,7-9,11-12H2,1-2H3. The summed E-state index contributed by atoms with van der Waals surface area (Å²) < 4.78 is 2.33. The molecule has 20 heavy (non-hydrogen) atoms. The van der Waals surface area contributed by atoms with Gasteiger partial charge in [-0.3, -0.25) is 0 Å². The molecule has 0 atom stereocenters. The Morgan fingerprint density at radius 2 is 2.10 bits per heavy atom. The number of aromatic nitrogens is 3. The Kier molecular flexibility index (Phi) is 3.74. The van der Waals surface area contributed by atoms with Crippen LogP contribution in [0.3, 0.4) is 0 Å². The summed E-state index contributed by atoms with van der Waals surface area (Å²) in [7, 11) is 0. The van der Waals surface area contributed by atoms with Gasteiger partial charge in [-0.15, -0.1) is 0 Å². The summed E-state index contributed by atoms with van der Waals surface area (Å²) in [4.78, 5) is 9.51. The van der Waals surface area contributed by atoms with E-state index in [1.165, 1.54) is 31.5 Å². The molecule has 1 aliphatic heterocycles. The van der Waals surface area contributed by atoms with E-state index in [-0.39, 0.29) is 5.41 Å². The number of piperidine rings is 1. The fraction of sp³-hybridized carbons (Fsp3) is 0.625. The van der Waals surface area contributed by atoms with Gasteiger partial charge in [-0.2, -0.15) is 0 Å². The topological polar surface area (TPSA) is 42.7 Å². The first-order valence-electron chi connectivity index (χ1n) is 7.83. The fourth-order valence-electron chi connectivity index (χ4n) is 3.63. The number of imidazole rings is 1. The number of nitrogens with zero attached hydrogens (tertiary/aromatic N) is 3. The molecule has 0 aromatic carbocycles. The molecule has 4 heteroatoms. The lowest BCUT2D eigenvalue weighted by Crippen LogP contribution is -2.41. The highest BCUT2D eigenvalue weighted by molar-refractivity contribution is 5.71. The maximum atomic E-state index is 4.97. The fourth-order valence-corrected chi connectivity index (χ4v) is 3.63. The number of fused-ring (bicyclic) bond motifs is 1. The van der Waals surface area contributed by atoms with Crippen molar-refractivity contribution in [1.82, 2.24) is 19.9 Å². The normalized spacial score (nSPS) is 18.5. The summed E-state index contributed by atoms with van der Waals surface area (Å²) in [6, 6.07) is 4.06. The van der Waals surface area contributed by atoms with Crippen molar-refractivity contribution in [2.75, 3.05) is 13.1 Å². The lowest BCUT2D eigenvalue weighted by molar-refractivity contribution is 0.263. The minimum absolute atomic E-state index is 0.233. The molecule has 4 nitrogen and oxygen atoms in total. The minimum atomic E-state index is 0.233. The summed E-state index contributed by atoms with van der Waals surface area (Å²) in [5.74, 6) is 1.26. The van der Waals surface area contributed by atoms with Crippen molar-refractivity contribution < 1.29 is 0 Å². The molecule has 3 heterocycles. The molecule has 1 aliphatic rings. The van der Waals surface area contributed by atoms with Crippen LogP contribution in [0.5, 0.6) is 0 Å². The van der Waals surface area contributed by atoms with Crippen LogP contribution in [0.1, 0.15) is 45.4 Å². The van der Waals surface area contributed by atoms with E-state index >= 15 is 0 Å². The summed E-state index contributed by atoms with van der Waals surface area (Å²) in [5, 5.41) is 3.49. The van der Waals surface area contributed by atoms with Crippen molar-refractivity contribution in [3.8, 4) is 0 Å². The molecule has 0 aliphatic carbocycles. The smallest absolute Gasteiger partial charge is 0.159 e. The Bertz CT molecular complexity index is 576. The van der Waals surface area contributed by atoms with Crippen LogP contribution in [0.25, 0.3) is 11.2 Å². The second-order valence-corrected chi connectivity index (χ2v) is 5.81. The lowest BCUT2D eigenvalue weighted by atomic mass is 9.74. The van der Waals surface area contributed by atoms with Gasteiger partial charge in [-0.05, 0) is 51.4 Å². The highest BCUT2D eigenvalue weighted by atomic mass is 15.1. The van der Waals surface area contributed by atoms with Crippen LogP contribution in [0.15, 0.2) is 18.3 Å². The van der Waals surface area contributed by atoms with Gasteiger partial charge in [0.05, 0.1) is 0 Å². The van der Waals surface area contributed by atoms with Crippen molar-refractivity contribution in [1.29, 1.82) is 0 Å².